The van der Waals surface area contributed by atoms with Gasteiger partial charge in [0.05, 0.1) is 24.9 Å². The Morgan fingerprint density at radius 2 is 2.03 bits per heavy atom. The Hall–Kier alpha value is -3.75. The number of carboxylic acid groups (broad SMARTS) is 1. The van der Waals surface area contributed by atoms with E-state index >= 15 is 0 Å². The van der Waals surface area contributed by atoms with Crippen LogP contribution in [0.25, 0.3) is 6.08 Å². The van der Waals surface area contributed by atoms with Crippen LogP contribution in [0.2, 0.25) is 0 Å². The number of benzene rings is 1. The number of fused-ring (bicyclic) bond motifs is 3. The number of halogens is 1. The van der Waals surface area contributed by atoms with E-state index in [9.17, 15) is 19.1 Å². The molecule has 1 N–H and O–H groups in total. The molecule has 2 aromatic rings. The van der Waals surface area contributed by atoms with E-state index in [1.807, 2.05) is 18.2 Å². The van der Waals surface area contributed by atoms with Gasteiger partial charge in [0.15, 0.2) is 11.7 Å². The van der Waals surface area contributed by atoms with Crippen LogP contribution in [0.1, 0.15) is 40.4 Å². The van der Waals surface area contributed by atoms with Crippen molar-refractivity contribution in [3.05, 3.63) is 63.2 Å². The van der Waals surface area contributed by atoms with E-state index < -0.39 is 17.2 Å². The molecule has 8 nitrogen and oxygen atoms in total. The molecule has 0 bridgehead atoms. The molecule has 1 aliphatic carbocycles. The highest BCUT2D eigenvalue weighted by molar-refractivity contribution is 6.20. The Balaban J connectivity index is 1.70. The normalized spacial score (nSPS) is 17.4. The van der Waals surface area contributed by atoms with Crippen LogP contribution >= 0.6 is 0 Å². The van der Waals surface area contributed by atoms with Crippen molar-refractivity contribution >= 4 is 29.4 Å². The number of methoxy groups -OCH3 is 1. The third-order valence-corrected chi connectivity index (χ3v) is 5.40. The van der Waals surface area contributed by atoms with E-state index in [4.69, 9.17) is 4.74 Å². The van der Waals surface area contributed by atoms with Gasteiger partial charge in [-0.3, -0.25) is 4.79 Å². The number of para-hydroxylation sites is 1. The lowest BCUT2D eigenvalue weighted by Gasteiger charge is -2.34. The molecule has 5 rings (SSSR count). The van der Waals surface area contributed by atoms with Gasteiger partial charge < -0.3 is 19.3 Å². The van der Waals surface area contributed by atoms with Crippen molar-refractivity contribution in [2.24, 2.45) is 10.2 Å². The van der Waals surface area contributed by atoms with Gasteiger partial charge in [0, 0.05) is 17.8 Å². The number of nitrogens with zero attached hydrogens (tertiary/aromatic N) is 4. The van der Waals surface area contributed by atoms with Gasteiger partial charge in [0.2, 0.25) is 5.43 Å². The second-order valence-corrected chi connectivity index (χ2v) is 7.30. The maximum atomic E-state index is 14.8. The van der Waals surface area contributed by atoms with Crippen molar-refractivity contribution in [2.45, 2.75) is 18.9 Å². The molecular weight excluding hydrogens is 391 g/mol. The van der Waals surface area contributed by atoms with Crippen molar-refractivity contribution in [3.63, 3.8) is 0 Å². The fourth-order valence-electron chi connectivity index (χ4n) is 3.83. The van der Waals surface area contributed by atoms with Gasteiger partial charge in [-0.1, -0.05) is 12.1 Å². The molecule has 0 spiro atoms. The summed E-state index contributed by atoms with van der Waals surface area (Å²) in [5, 5.41) is 17.7. The van der Waals surface area contributed by atoms with Crippen LogP contribution < -0.4 is 15.1 Å². The summed E-state index contributed by atoms with van der Waals surface area (Å²) in [6.07, 6.45) is 4.12. The minimum absolute atomic E-state index is 0.00183. The van der Waals surface area contributed by atoms with Gasteiger partial charge in [-0.05, 0) is 31.1 Å². The first-order valence-corrected chi connectivity index (χ1v) is 9.45. The van der Waals surface area contributed by atoms with Gasteiger partial charge in [-0.2, -0.15) is 5.10 Å². The fraction of sp³-hybridized carbons (Fsp3) is 0.238. The summed E-state index contributed by atoms with van der Waals surface area (Å²) in [6, 6.07) is 7.35. The average molecular weight is 408 g/mol. The maximum absolute atomic E-state index is 14.8. The Bertz CT molecular complexity index is 1240. The smallest absolute Gasteiger partial charge is 0.341 e. The molecule has 1 fully saturated rings. The molecule has 0 unspecified atom stereocenters. The predicted molar refractivity (Wildman–Crippen MR) is 109 cm³/mol. The van der Waals surface area contributed by atoms with Crippen molar-refractivity contribution in [2.75, 3.05) is 18.6 Å². The van der Waals surface area contributed by atoms with Crippen LogP contribution in [0.3, 0.4) is 0 Å². The minimum atomic E-state index is -1.33. The average Bonchev–Trinajstić information content (AvgIpc) is 3.59. The lowest BCUT2D eigenvalue weighted by Crippen LogP contribution is -2.44. The monoisotopic (exact) mass is 408 g/mol. The van der Waals surface area contributed by atoms with E-state index in [1.165, 1.54) is 6.20 Å². The second-order valence-electron chi connectivity index (χ2n) is 7.30. The van der Waals surface area contributed by atoms with Gasteiger partial charge >= 0.3 is 5.97 Å². The van der Waals surface area contributed by atoms with Crippen LogP contribution in [0, 0.1) is 0 Å². The number of hydrogen-bond donors (Lipinski definition) is 1. The van der Waals surface area contributed by atoms with Gasteiger partial charge in [-0.15, -0.1) is 5.10 Å². The zero-order chi connectivity index (χ0) is 21.0. The zero-order valence-electron chi connectivity index (χ0n) is 16.0. The number of amidine groups is 1. The molecule has 30 heavy (non-hydrogen) atoms. The summed E-state index contributed by atoms with van der Waals surface area (Å²) in [4.78, 5) is 26.0. The summed E-state index contributed by atoms with van der Waals surface area (Å²) in [6.45, 7) is 0.159. The van der Waals surface area contributed by atoms with Crippen LogP contribution in [0.5, 0.6) is 5.75 Å². The number of hydrogen-bond acceptors (Lipinski definition) is 6. The fourth-order valence-corrected chi connectivity index (χ4v) is 3.83. The molecule has 0 radical (unpaired) electrons. The number of carboxylic acids is 1. The first-order chi connectivity index (χ1) is 14.5. The summed E-state index contributed by atoms with van der Waals surface area (Å²) in [5.74, 6) is -1.02. The van der Waals surface area contributed by atoms with Crippen molar-refractivity contribution < 1.29 is 19.0 Å². The molecular formula is C21H17FN4O4. The molecule has 9 heteroatoms. The van der Waals surface area contributed by atoms with Crippen molar-refractivity contribution in [1.29, 1.82) is 0 Å². The summed E-state index contributed by atoms with van der Waals surface area (Å²) in [7, 11) is 1.55. The van der Waals surface area contributed by atoms with Crippen LogP contribution in [-0.4, -0.2) is 40.8 Å². The molecule has 1 saturated carbocycles. The summed E-state index contributed by atoms with van der Waals surface area (Å²) < 4.78 is 22.0. The highest BCUT2D eigenvalue weighted by Gasteiger charge is 2.37. The number of pyridine rings is 1. The quantitative estimate of drug-likeness (QED) is 0.839. The molecule has 1 aromatic carbocycles. The first kappa shape index (κ1) is 18.3. The Kier molecular flexibility index (Phi) is 4.05. The van der Waals surface area contributed by atoms with Crippen molar-refractivity contribution in [1.82, 2.24) is 4.57 Å². The number of carbonyl (C=O) groups is 1. The van der Waals surface area contributed by atoms with Crippen molar-refractivity contribution in [3.8, 4) is 5.75 Å². The van der Waals surface area contributed by atoms with Crippen LogP contribution in [0.15, 0.2) is 51.3 Å². The lowest BCUT2D eigenvalue weighted by atomic mass is 10.0. The summed E-state index contributed by atoms with van der Waals surface area (Å²) in [5.41, 5.74) is 0.181. The SMILES string of the molecule is COc1ccccc1C1=NN=C2C(F)=Cc3c(n(C4CC4)cc(C(=O)O)c3=O)N2C1. The van der Waals surface area contributed by atoms with E-state index in [0.717, 1.165) is 18.9 Å². The molecule has 2 aliphatic heterocycles. The number of ether oxygens (including phenoxy) is 1. The van der Waals surface area contributed by atoms with E-state index in [2.05, 4.69) is 10.2 Å². The molecule has 0 atom stereocenters. The number of rotatable bonds is 4. The third-order valence-electron chi connectivity index (χ3n) is 5.40. The van der Waals surface area contributed by atoms with Gasteiger partial charge in [0.25, 0.3) is 0 Å². The number of aromatic nitrogens is 1. The highest BCUT2D eigenvalue weighted by Crippen LogP contribution is 2.41. The van der Waals surface area contributed by atoms with Crippen LogP contribution in [0.4, 0.5) is 10.2 Å². The standard InChI is InChI=1S/C21H17FN4O4/c1-30-17-5-3-2-4-12(17)16-10-26-19(24-23-16)15(22)8-13-18(27)14(21(28)29)9-25(20(13)26)11-6-7-11/h2-5,8-9,11H,6-7,10H2,1H3,(H,28,29). The molecule has 152 valence electrons. The summed E-state index contributed by atoms with van der Waals surface area (Å²) >= 11 is 0. The molecule has 3 heterocycles. The zero-order valence-corrected chi connectivity index (χ0v) is 16.0. The molecule has 3 aliphatic rings. The van der Waals surface area contributed by atoms with E-state index in [0.29, 0.717) is 22.8 Å². The molecule has 0 amide bonds. The largest absolute Gasteiger partial charge is 0.496 e. The second kappa shape index (κ2) is 6.65. The maximum Gasteiger partial charge on any atom is 0.341 e. The highest BCUT2D eigenvalue weighted by atomic mass is 19.1. The van der Waals surface area contributed by atoms with Gasteiger partial charge in [-0.25, -0.2) is 9.18 Å². The Morgan fingerprint density at radius 1 is 1.27 bits per heavy atom. The molecule has 1 aromatic heterocycles. The predicted octanol–water partition coefficient (Wildman–Crippen LogP) is 2.84. The van der Waals surface area contributed by atoms with Gasteiger partial charge in [0.1, 0.15) is 17.1 Å². The third kappa shape index (κ3) is 2.73. The first-order valence-electron chi connectivity index (χ1n) is 9.45. The molecule has 0 saturated heterocycles. The van der Waals surface area contributed by atoms with Crippen LogP contribution in [-0.2, 0) is 0 Å². The Morgan fingerprint density at radius 3 is 2.73 bits per heavy atom. The van der Waals surface area contributed by atoms with E-state index in [-0.39, 0.29) is 29.5 Å². The topological polar surface area (TPSA) is 96.5 Å². The Labute approximate surface area is 170 Å². The minimum Gasteiger partial charge on any atom is -0.496 e. The number of anilines is 1. The lowest BCUT2D eigenvalue weighted by molar-refractivity contribution is 0.0694. The number of aromatic carboxylic acids is 1. The van der Waals surface area contributed by atoms with E-state index in [1.54, 1.807) is 22.6 Å².